The van der Waals surface area contributed by atoms with Crippen molar-refractivity contribution in [1.82, 2.24) is 9.88 Å². The third kappa shape index (κ3) is 4.48. The first-order valence-corrected chi connectivity index (χ1v) is 6.42. The second-order valence-corrected chi connectivity index (χ2v) is 4.65. The van der Waals surface area contributed by atoms with Crippen molar-refractivity contribution in [2.45, 2.75) is 6.54 Å². The van der Waals surface area contributed by atoms with Gasteiger partial charge in [-0.15, -0.1) is 24.0 Å². The molecule has 0 spiro atoms. The summed E-state index contributed by atoms with van der Waals surface area (Å²) in [6.07, 6.45) is 1.79. The SMILES string of the molecule is CN(C)c1ncccc1CN=C(N)N1CCOCC1.I. The number of hydrogen-bond acceptors (Lipinski definition) is 4. The molecule has 0 atom stereocenters. The molecule has 0 saturated carbocycles. The molecule has 0 radical (unpaired) electrons. The van der Waals surface area contributed by atoms with Gasteiger partial charge in [0.15, 0.2) is 5.96 Å². The van der Waals surface area contributed by atoms with E-state index in [0.29, 0.717) is 25.7 Å². The Labute approximate surface area is 137 Å². The molecule has 2 rings (SSSR count). The van der Waals surface area contributed by atoms with Crippen molar-refractivity contribution in [3.05, 3.63) is 23.9 Å². The van der Waals surface area contributed by atoms with E-state index in [1.54, 1.807) is 6.20 Å². The highest BCUT2D eigenvalue weighted by atomic mass is 127. The summed E-state index contributed by atoms with van der Waals surface area (Å²) in [6, 6.07) is 3.95. The Morgan fingerprint density at radius 1 is 1.45 bits per heavy atom. The highest BCUT2D eigenvalue weighted by Crippen LogP contribution is 2.15. The first-order chi connectivity index (χ1) is 9.18. The monoisotopic (exact) mass is 391 g/mol. The zero-order valence-electron chi connectivity index (χ0n) is 12.0. The molecule has 2 N–H and O–H groups in total. The Balaban J connectivity index is 0.00000200. The van der Waals surface area contributed by atoms with Gasteiger partial charge in [0.05, 0.1) is 19.8 Å². The van der Waals surface area contributed by atoms with Crippen molar-refractivity contribution < 1.29 is 4.74 Å². The van der Waals surface area contributed by atoms with Crippen LogP contribution in [0.1, 0.15) is 5.56 Å². The topological polar surface area (TPSA) is 67.0 Å². The van der Waals surface area contributed by atoms with Gasteiger partial charge in [-0.25, -0.2) is 9.98 Å². The number of anilines is 1. The quantitative estimate of drug-likeness (QED) is 0.472. The molecule has 1 aromatic rings. The van der Waals surface area contributed by atoms with Gasteiger partial charge in [0.25, 0.3) is 0 Å². The zero-order valence-corrected chi connectivity index (χ0v) is 14.3. The van der Waals surface area contributed by atoms with Crippen LogP contribution >= 0.6 is 24.0 Å². The molecule has 6 nitrogen and oxygen atoms in total. The number of guanidine groups is 1. The zero-order chi connectivity index (χ0) is 13.7. The maximum absolute atomic E-state index is 6.01. The summed E-state index contributed by atoms with van der Waals surface area (Å²) < 4.78 is 5.29. The molecule has 112 valence electrons. The van der Waals surface area contributed by atoms with Crippen molar-refractivity contribution in [1.29, 1.82) is 0 Å². The van der Waals surface area contributed by atoms with Gasteiger partial charge in [-0.05, 0) is 6.07 Å². The van der Waals surface area contributed by atoms with Crippen molar-refractivity contribution >= 4 is 35.8 Å². The van der Waals surface area contributed by atoms with Crippen LogP contribution in [0.3, 0.4) is 0 Å². The van der Waals surface area contributed by atoms with Gasteiger partial charge in [0, 0.05) is 38.9 Å². The summed E-state index contributed by atoms with van der Waals surface area (Å²) in [5.41, 5.74) is 7.08. The predicted octanol–water partition coefficient (Wildman–Crippen LogP) is 0.912. The number of aromatic nitrogens is 1. The van der Waals surface area contributed by atoms with Crippen LogP contribution in [0.15, 0.2) is 23.3 Å². The lowest BCUT2D eigenvalue weighted by atomic mass is 10.2. The van der Waals surface area contributed by atoms with E-state index in [4.69, 9.17) is 10.5 Å². The van der Waals surface area contributed by atoms with E-state index in [1.807, 2.05) is 31.1 Å². The highest BCUT2D eigenvalue weighted by Gasteiger charge is 2.12. The van der Waals surface area contributed by atoms with Crippen LogP contribution in [0.4, 0.5) is 5.82 Å². The molecular formula is C13H22IN5O. The summed E-state index contributed by atoms with van der Waals surface area (Å²) in [4.78, 5) is 12.8. The summed E-state index contributed by atoms with van der Waals surface area (Å²) in [5.74, 6) is 1.51. The van der Waals surface area contributed by atoms with Gasteiger partial charge in [0.2, 0.25) is 0 Å². The molecule has 0 aromatic carbocycles. The molecule has 0 aliphatic carbocycles. The number of hydrogen-bond donors (Lipinski definition) is 1. The molecule has 1 aliphatic heterocycles. The van der Waals surface area contributed by atoms with Crippen LogP contribution in [0.2, 0.25) is 0 Å². The maximum Gasteiger partial charge on any atom is 0.191 e. The minimum atomic E-state index is 0. The standard InChI is InChI=1S/C13H21N5O.HI/c1-17(2)12-11(4-3-5-15-12)10-16-13(14)18-6-8-19-9-7-18;/h3-5H,6-10H2,1-2H3,(H2,14,16);1H. The molecular weight excluding hydrogens is 369 g/mol. The Morgan fingerprint density at radius 3 is 2.80 bits per heavy atom. The molecule has 0 bridgehead atoms. The van der Waals surface area contributed by atoms with Gasteiger partial charge in [-0.2, -0.15) is 0 Å². The van der Waals surface area contributed by atoms with E-state index in [2.05, 4.69) is 14.9 Å². The summed E-state index contributed by atoms with van der Waals surface area (Å²) in [5, 5.41) is 0. The normalized spacial score (nSPS) is 15.7. The second-order valence-electron chi connectivity index (χ2n) is 4.65. The first kappa shape index (κ1) is 17.0. The lowest BCUT2D eigenvalue weighted by molar-refractivity contribution is 0.0674. The Morgan fingerprint density at radius 2 is 2.15 bits per heavy atom. The number of pyridine rings is 1. The van der Waals surface area contributed by atoms with E-state index in [-0.39, 0.29) is 24.0 Å². The van der Waals surface area contributed by atoms with Crippen LogP contribution in [0, 0.1) is 0 Å². The van der Waals surface area contributed by atoms with Crippen molar-refractivity contribution in [2.24, 2.45) is 10.7 Å². The Bertz CT molecular complexity index is 446. The molecule has 2 heterocycles. The van der Waals surface area contributed by atoms with E-state index < -0.39 is 0 Å². The summed E-state index contributed by atoms with van der Waals surface area (Å²) in [7, 11) is 3.95. The lowest BCUT2D eigenvalue weighted by Crippen LogP contribution is -2.44. The van der Waals surface area contributed by atoms with E-state index in [0.717, 1.165) is 24.5 Å². The van der Waals surface area contributed by atoms with E-state index >= 15 is 0 Å². The number of aliphatic imine (C=N–C) groups is 1. The lowest BCUT2D eigenvalue weighted by Gasteiger charge is -2.27. The summed E-state index contributed by atoms with van der Waals surface area (Å²) in [6.45, 7) is 3.59. The third-order valence-corrected chi connectivity index (χ3v) is 3.04. The third-order valence-electron chi connectivity index (χ3n) is 3.04. The number of ether oxygens (including phenoxy) is 1. The Hall–Kier alpha value is -1.09. The average Bonchev–Trinajstić information content (AvgIpc) is 2.46. The number of halogens is 1. The molecule has 1 saturated heterocycles. The van der Waals surface area contributed by atoms with Crippen LogP contribution in [0.25, 0.3) is 0 Å². The van der Waals surface area contributed by atoms with Gasteiger partial charge >= 0.3 is 0 Å². The highest BCUT2D eigenvalue weighted by molar-refractivity contribution is 14.0. The van der Waals surface area contributed by atoms with Gasteiger partial charge < -0.3 is 20.3 Å². The fourth-order valence-electron chi connectivity index (χ4n) is 2.01. The maximum atomic E-state index is 6.01. The van der Waals surface area contributed by atoms with Crippen LogP contribution in [0.5, 0.6) is 0 Å². The average molecular weight is 391 g/mol. The number of morpholine rings is 1. The predicted molar refractivity (Wildman–Crippen MR) is 91.7 cm³/mol. The van der Waals surface area contributed by atoms with Crippen molar-refractivity contribution in [3.8, 4) is 0 Å². The van der Waals surface area contributed by atoms with Gasteiger partial charge in [0.1, 0.15) is 5.82 Å². The number of rotatable bonds is 3. The number of nitrogens with two attached hydrogens (primary N) is 1. The van der Waals surface area contributed by atoms with Gasteiger partial charge in [-0.1, -0.05) is 6.07 Å². The Kier molecular flexibility index (Phi) is 7.00. The summed E-state index contributed by atoms with van der Waals surface area (Å²) >= 11 is 0. The number of nitrogens with zero attached hydrogens (tertiary/aromatic N) is 4. The minimum absolute atomic E-state index is 0. The molecule has 20 heavy (non-hydrogen) atoms. The van der Waals surface area contributed by atoms with Crippen LogP contribution in [-0.4, -0.2) is 56.2 Å². The van der Waals surface area contributed by atoms with Crippen LogP contribution in [-0.2, 0) is 11.3 Å². The smallest absolute Gasteiger partial charge is 0.191 e. The van der Waals surface area contributed by atoms with Crippen molar-refractivity contribution in [3.63, 3.8) is 0 Å². The second kappa shape index (κ2) is 8.25. The molecule has 1 aromatic heterocycles. The fourth-order valence-corrected chi connectivity index (χ4v) is 2.01. The molecule has 0 unspecified atom stereocenters. The fraction of sp³-hybridized carbons (Fsp3) is 0.538. The molecule has 0 amide bonds. The molecule has 1 fully saturated rings. The van der Waals surface area contributed by atoms with Crippen LogP contribution < -0.4 is 10.6 Å². The molecule has 7 heteroatoms. The van der Waals surface area contributed by atoms with Crippen molar-refractivity contribution in [2.75, 3.05) is 45.3 Å². The van der Waals surface area contributed by atoms with Gasteiger partial charge in [-0.3, -0.25) is 0 Å². The molecule has 1 aliphatic rings. The first-order valence-electron chi connectivity index (χ1n) is 6.42. The largest absolute Gasteiger partial charge is 0.378 e. The van der Waals surface area contributed by atoms with E-state index in [9.17, 15) is 0 Å². The van der Waals surface area contributed by atoms with E-state index in [1.165, 1.54) is 0 Å². The minimum Gasteiger partial charge on any atom is -0.378 e.